The van der Waals surface area contributed by atoms with Crippen LogP contribution in [0.25, 0.3) is 0 Å². The molecule has 1 unspecified atom stereocenters. The largest absolute Gasteiger partial charge is 0.506 e. The number of aliphatic hydroxyl groups excluding tert-OH is 1. The van der Waals surface area contributed by atoms with Crippen molar-refractivity contribution in [2.45, 2.75) is 43.2 Å². The Balaban J connectivity index is 0.000000382. The number of benzene rings is 1. The maximum atomic E-state index is 10.1. The SMILES string of the molecule is CC(C)(OC(=O)O)C(Cl)(Cl)Cl.Cc1ccccc1C(C)O. The summed E-state index contributed by atoms with van der Waals surface area (Å²) in [6.45, 7) is 6.52. The molecule has 1 atom stereocenters. The van der Waals surface area contributed by atoms with E-state index in [0.29, 0.717) is 0 Å². The fourth-order valence-electron chi connectivity index (χ4n) is 1.33. The quantitative estimate of drug-likeness (QED) is 0.585. The first-order valence-corrected chi connectivity index (χ1v) is 7.24. The van der Waals surface area contributed by atoms with Crippen LogP contribution in [0.15, 0.2) is 24.3 Å². The molecule has 1 aromatic rings. The van der Waals surface area contributed by atoms with Crippen molar-refractivity contribution in [1.29, 1.82) is 0 Å². The summed E-state index contributed by atoms with van der Waals surface area (Å²) in [4.78, 5) is 10.1. The van der Waals surface area contributed by atoms with Crippen LogP contribution in [0.2, 0.25) is 0 Å². The van der Waals surface area contributed by atoms with Crippen molar-refractivity contribution in [3.63, 3.8) is 0 Å². The molecule has 21 heavy (non-hydrogen) atoms. The minimum atomic E-state index is -1.76. The zero-order valence-corrected chi connectivity index (χ0v) is 14.5. The van der Waals surface area contributed by atoms with Gasteiger partial charge >= 0.3 is 6.16 Å². The summed E-state index contributed by atoms with van der Waals surface area (Å²) < 4.78 is 2.56. The molecule has 0 saturated carbocycles. The smallest absolute Gasteiger partial charge is 0.450 e. The van der Waals surface area contributed by atoms with Gasteiger partial charge in [0.15, 0.2) is 5.60 Å². The molecule has 0 bridgehead atoms. The van der Waals surface area contributed by atoms with Crippen LogP contribution in [0.4, 0.5) is 4.79 Å². The third kappa shape index (κ3) is 7.23. The van der Waals surface area contributed by atoms with Crippen LogP contribution in [-0.2, 0) is 4.74 Å². The molecule has 0 aromatic heterocycles. The molecule has 0 aliphatic rings. The maximum Gasteiger partial charge on any atom is 0.506 e. The first-order valence-electron chi connectivity index (χ1n) is 6.10. The first kappa shape index (κ1) is 20.3. The zero-order valence-electron chi connectivity index (χ0n) is 12.2. The predicted molar refractivity (Wildman–Crippen MR) is 85.3 cm³/mol. The molecule has 0 fully saturated rings. The lowest BCUT2D eigenvalue weighted by Crippen LogP contribution is -2.40. The van der Waals surface area contributed by atoms with Crippen LogP contribution >= 0.6 is 34.8 Å². The van der Waals surface area contributed by atoms with Gasteiger partial charge in [-0.1, -0.05) is 59.1 Å². The fraction of sp³-hybridized carbons (Fsp3) is 0.500. The van der Waals surface area contributed by atoms with Gasteiger partial charge in [-0.25, -0.2) is 4.79 Å². The van der Waals surface area contributed by atoms with Crippen molar-refractivity contribution in [1.82, 2.24) is 0 Å². The minimum Gasteiger partial charge on any atom is -0.450 e. The van der Waals surface area contributed by atoms with Gasteiger partial charge in [0.05, 0.1) is 6.10 Å². The number of aliphatic hydroxyl groups is 1. The Bertz CT molecular complexity index is 468. The standard InChI is InChI=1S/C9H12O.C5H7Cl3O3/c1-7-5-3-4-6-9(7)8(2)10;1-4(2,5(6,7)8)11-3(9)10/h3-6,8,10H,1-2H3;1-2H3,(H,9,10). The highest BCUT2D eigenvalue weighted by Crippen LogP contribution is 2.40. The molecule has 4 nitrogen and oxygen atoms in total. The molecule has 0 heterocycles. The number of alkyl halides is 3. The third-order valence-electron chi connectivity index (χ3n) is 2.66. The Morgan fingerprint density at radius 1 is 1.24 bits per heavy atom. The number of hydrogen-bond donors (Lipinski definition) is 2. The lowest BCUT2D eigenvalue weighted by atomic mass is 10.1. The van der Waals surface area contributed by atoms with Crippen molar-refractivity contribution in [3.8, 4) is 0 Å². The molecule has 0 spiro atoms. The van der Waals surface area contributed by atoms with Crippen molar-refractivity contribution >= 4 is 41.0 Å². The molecule has 120 valence electrons. The first-order chi connectivity index (χ1) is 9.38. The number of ether oxygens (including phenoxy) is 1. The lowest BCUT2D eigenvalue weighted by Gasteiger charge is -2.30. The van der Waals surface area contributed by atoms with Gasteiger partial charge in [0, 0.05) is 0 Å². The van der Waals surface area contributed by atoms with Crippen LogP contribution in [0, 0.1) is 6.92 Å². The van der Waals surface area contributed by atoms with E-state index in [1.165, 1.54) is 13.8 Å². The number of aryl methyl sites for hydroxylation is 1. The summed E-state index contributed by atoms with van der Waals surface area (Å²) in [6.07, 6.45) is -1.82. The highest BCUT2D eigenvalue weighted by Gasteiger charge is 2.44. The second kappa shape index (κ2) is 8.08. The van der Waals surface area contributed by atoms with Crippen LogP contribution in [0.1, 0.15) is 38.0 Å². The minimum absolute atomic E-state index is 0.346. The van der Waals surface area contributed by atoms with Crippen molar-refractivity contribution in [3.05, 3.63) is 35.4 Å². The normalized spacial score (nSPS) is 13.0. The molecule has 2 N–H and O–H groups in total. The zero-order chi connectivity index (χ0) is 16.8. The molecule has 0 amide bonds. The van der Waals surface area contributed by atoms with Gasteiger partial charge in [-0.3, -0.25) is 0 Å². The summed E-state index contributed by atoms with van der Waals surface area (Å²) in [7, 11) is 0. The summed E-state index contributed by atoms with van der Waals surface area (Å²) in [5.41, 5.74) is 0.823. The molecule has 0 radical (unpaired) electrons. The Kier molecular flexibility index (Phi) is 7.82. The summed E-state index contributed by atoms with van der Waals surface area (Å²) in [5, 5.41) is 17.4. The maximum absolute atomic E-state index is 10.1. The van der Waals surface area contributed by atoms with Crippen LogP contribution < -0.4 is 0 Å². The van der Waals surface area contributed by atoms with E-state index in [2.05, 4.69) is 4.74 Å². The monoisotopic (exact) mass is 356 g/mol. The highest BCUT2D eigenvalue weighted by molar-refractivity contribution is 6.68. The van der Waals surface area contributed by atoms with Gasteiger partial charge in [0.1, 0.15) is 0 Å². The molecule has 0 aliphatic heterocycles. The van der Waals surface area contributed by atoms with E-state index in [-0.39, 0.29) is 6.10 Å². The number of carbonyl (C=O) groups is 1. The lowest BCUT2D eigenvalue weighted by molar-refractivity contribution is 0.00613. The Morgan fingerprint density at radius 3 is 1.95 bits per heavy atom. The van der Waals surface area contributed by atoms with Gasteiger partial charge in [0.25, 0.3) is 0 Å². The van der Waals surface area contributed by atoms with E-state index in [9.17, 15) is 9.90 Å². The van der Waals surface area contributed by atoms with E-state index in [1.54, 1.807) is 6.92 Å². The topological polar surface area (TPSA) is 66.8 Å². The van der Waals surface area contributed by atoms with Gasteiger partial charge in [0.2, 0.25) is 3.79 Å². The van der Waals surface area contributed by atoms with Gasteiger partial charge in [-0.05, 0) is 38.8 Å². The Labute approximate surface area is 139 Å². The van der Waals surface area contributed by atoms with E-state index >= 15 is 0 Å². The second-order valence-electron chi connectivity index (χ2n) is 4.91. The van der Waals surface area contributed by atoms with Crippen molar-refractivity contribution in [2.24, 2.45) is 0 Å². The molecule has 0 saturated heterocycles. The molecular weight excluding hydrogens is 339 g/mol. The molecule has 1 aromatic carbocycles. The molecule has 1 rings (SSSR count). The number of hydrogen-bond acceptors (Lipinski definition) is 3. The van der Waals surface area contributed by atoms with E-state index in [1.807, 2.05) is 31.2 Å². The summed E-state index contributed by atoms with van der Waals surface area (Å²) >= 11 is 16.2. The highest BCUT2D eigenvalue weighted by atomic mass is 35.6. The van der Waals surface area contributed by atoms with Crippen LogP contribution in [0.5, 0.6) is 0 Å². The van der Waals surface area contributed by atoms with E-state index in [0.717, 1.165) is 11.1 Å². The van der Waals surface area contributed by atoms with Crippen LogP contribution in [0.3, 0.4) is 0 Å². The average Bonchev–Trinajstić information content (AvgIpc) is 2.26. The van der Waals surface area contributed by atoms with Crippen molar-refractivity contribution in [2.75, 3.05) is 0 Å². The van der Waals surface area contributed by atoms with Gasteiger partial charge in [-0.2, -0.15) is 0 Å². The number of halogens is 3. The number of rotatable bonds is 2. The molecule has 7 heteroatoms. The summed E-state index contributed by atoms with van der Waals surface area (Å²) in [6, 6.07) is 7.86. The molecule has 0 aliphatic carbocycles. The Hall–Kier alpha value is -0.680. The predicted octanol–water partition coefficient (Wildman–Crippen LogP) is 4.88. The number of carboxylic acid groups (broad SMARTS) is 1. The molecular formula is C14H19Cl3O4. The van der Waals surface area contributed by atoms with Crippen molar-refractivity contribution < 1.29 is 19.7 Å². The van der Waals surface area contributed by atoms with Gasteiger partial charge in [-0.15, -0.1) is 0 Å². The van der Waals surface area contributed by atoms with E-state index < -0.39 is 15.5 Å². The average molecular weight is 358 g/mol. The second-order valence-corrected chi connectivity index (χ2v) is 7.19. The summed E-state index contributed by atoms with van der Waals surface area (Å²) in [5.74, 6) is 0. The fourth-order valence-corrected chi connectivity index (χ4v) is 1.45. The Morgan fingerprint density at radius 2 is 1.71 bits per heavy atom. The van der Waals surface area contributed by atoms with E-state index in [4.69, 9.17) is 39.9 Å². The van der Waals surface area contributed by atoms with Crippen LogP contribution in [-0.4, -0.2) is 25.8 Å². The third-order valence-corrected chi connectivity index (χ3v) is 4.03. The van der Waals surface area contributed by atoms with Gasteiger partial charge < -0.3 is 14.9 Å².